The molecule has 5 heteroatoms. The molecule has 0 aliphatic carbocycles. The van der Waals surface area contributed by atoms with E-state index < -0.39 is 0 Å². The summed E-state index contributed by atoms with van der Waals surface area (Å²) in [6.45, 7) is 5.70. The predicted molar refractivity (Wildman–Crippen MR) is 88.8 cm³/mol. The molecule has 0 bridgehead atoms. The van der Waals surface area contributed by atoms with E-state index in [0.29, 0.717) is 19.5 Å². The van der Waals surface area contributed by atoms with Crippen LogP contribution in [0, 0.1) is 5.82 Å². The average molecular weight is 322 g/mol. The highest BCUT2D eigenvalue weighted by atomic mass is 19.1. The zero-order chi connectivity index (χ0) is 16.5. The number of hydrogen-bond donors (Lipinski definition) is 1. The van der Waals surface area contributed by atoms with Gasteiger partial charge in [0.15, 0.2) is 0 Å². The zero-order valence-corrected chi connectivity index (χ0v) is 13.9. The molecule has 1 amide bonds. The highest BCUT2D eigenvalue weighted by molar-refractivity contribution is 5.78. The Kier molecular flexibility index (Phi) is 7.49. The van der Waals surface area contributed by atoms with Crippen LogP contribution in [0.1, 0.15) is 31.7 Å². The maximum Gasteiger partial charge on any atom is 0.234 e. The predicted octanol–water partition coefficient (Wildman–Crippen LogP) is 2.38. The maximum absolute atomic E-state index is 12.8. The smallest absolute Gasteiger partial charge is 0.234 e. The molecule has 1 N–H and O–H groups in total. The van der Waals surface area contributed by atoms with E-state index in [4.69, 9.17) is 4.74 Å². The zero-order valence-electron chi connectivity index (χ0n) is 13.9. The van der Waals surface area contributed by atoms with Crippen molar-refractivity contribution in [1.82, 2.24) is 10.2 Å². The molecule has 1 aliphatic rings. The van der Waals surface area contributed by atoms with Gasteiger partial charge in [0.2, 0.25) is 5.91 Å². The monoisotopic (exact) mass is 322 g/mol. The van der Waals surface area contributed by atoms with Gasteiger partial charge in [0.05, 0.1) is 12.6 Å². The van der Waals surface area contributed by atoms with E-state index in [1.54, 1.807) is 12.1 Å². The lowest BCUT2D eigenvalue weighted by molar-refractivity contribution is -0.123. The van der Waals surface area contributed by atoms with E-state index >= 15 is 0 Å². The van der Waals surface area contributed by atoms with Gasteiger partial charge in [0, 0.05) is 19.7 Å². The minimum atomic E-state index is -0.234. The molecule has 1 aliphatic heterocycles. The van der Waals surface area contributed by atoms with Gasteiger partial charge in [0.25, 0.3) is 0 Å². The third-order valence-electron chi connectivity index (χ3n) is 4.04. The molecule has 1 unspecified atom stereocenters. The summed E-state index contributed by atoms with van der Waals surface area (Å²) >= 11 is 0. The minimum Gasteiger partial charge on any atom is -0.377 e. The number of likely N-dealkylation sites (tertiary alicyclic amines) is 1. The Labute approximate surface area is 138 Å². The van der Waals surface area contributed by atoms with E-state index in [9.17, 15) is 9.18 Å². The van der Waals surface area contributed by atoms with E-state index in [-0.39, 0.29) is 17.8 Å². The number of nitrogens with one attached hydrogen (secondary N) is 1. The molecule has 4 nitrogen and oxygen atoms in total. The quantitative estimate of drug-likeness (QED) is 0.799. The summed E-state index contributed by atoms with van der Waals surface area (Å²) in [5.41, 5.74) is 1.03. The molecule has 0 saturated carbocycles. The molecule has 1 saturated heterocycles. The largest absolute Gasteiger partial charge is 0.377 e. The van der Waals surface area contributed by atoms with E-state index in [0.717, 1.165) is 44.5 Å². The van der Waals surface area contributed by atoms with Crippen LogP contribution < -0.4 is 5.32 Å². The van der Waals surface area contributed by atoms with Crippen LogP contribution in [-0.2, 0) is 16.0 Å². The van der Waals surface area contributed by atoms with E-state index in [1.165, 1.54) is 12.1 Å². The molecule has 1 fully saturated rings. The van der Waals surface area contributed by atoms with Crippen LogP contribution >= 0.6 is 0 Å². The first-order valence-electron chi connectivity index (χ1n) is 8.52. The highest BCUT2D eigenvalue weighted by Gasteiger charge is 2.21. The van der Waals surface area contributed by atoms with E-state index in [2.05, 4.69) is 17.1 Å². The van der Waals surface area contributed by atoms with Crippen molar-refractivity contribution in [1.29, 1.82) is 0 Å². The van der Waals surface area contributed by atoms with E-state index in [1.807, 2.05) is 0 Å². The molecule has 23 heavy (non-hydrogen) atoms. The first-order valence-corrected chi connectivity index (χ1v) is 8.52. The fourth-order valence-corrected chi connectivity index (χ4v) is 2.83. The van der Waals surface area contributed by atoms with Gasteiger partial charge in [-0.1, -0.05) is 19.1 Å². The SMILES string of the molecule is CCCOC1CCCN(CC(=O)NCCc2ccc(F)cc2)C1. The fourth-order valence-electron chi connectivity index (χ4n) is 2.83. The van der Waals surface area contributed by atoms with Crippen LogP contribution in [0.3, 0.4) is 0 Å². The third kappa shape index (κ3) is 6.67. The summed E-state index contributed by atoms with van der Waals surface area (Å²) < 4.78 is 18.6. The molecular weight excluding hydrogens is 295 g/mol. The topological polar surface area (TPSA) is 41.6 Å². The standard InChI is InChI=1S/C18H27FN2O2/c1-2-12-23-17-4-3-11-21(13-17)14-18(22)20-10-9-15-5-7-16(19)8-6-15/h5-8,17H,2-4,9-14H2,1H3,(H,20,22). The Morgan fingerprint density at radius 3 is 2.91 bits per heavy atom. The summed E-state index contributed by atoms with van der Waals surface area (Å²) in [7, 11) is 0. The van der Waals surface area contributed by atoms with Gasteiger partial charge < -0.3 is 10.1 Å². The van der Waals surface area contributed by atoms with Crippen LogP contribution in [-0.4, -0.2) is 49.7 Å². The lowest BCUT2D eigenvalue weighted by Gasteiger charge is -2.32. The van der Waals surface area contributed by atoms with Gasteiger partial charge in [-0.15, -0.1) is 0 Å². The van der Waals surface area contributed by atoms with Crippen molar-refractivity contribution in [2.45, 2.75) is 38.7 Å². The van der Waals surface area contributed by atoms with Crippen LogP contribution in [0.25, 0.3) is 0 Å². The summed E-state index contributed by atoms with van der Waals surface area (Å²) in [5.74, 6) is -0.189. The Balaban J connectivity index is 1.64. The van der Waals surface area contributed by atoms with Gasteiger partial charge in [-0.2, -0.15) is 0 Å². The molecule has 1 heterocycles. The number of halogens is 1. The molecule has 128 valence electrons. The molecule has 1 aromatic carbocycles. The van der Waals surface area contributed by atoms with Crippen molar-refractivity contribution in [3.8, 4) is 0 Å². The summed E-state index contributed by atoms with van der Waals surface area (Å²) in [4.78, 5) is 14.2. The number of piperidine rings is 1. The first kappa shape index (κ1) is 17.9. The van der Waals surface area contributed by atoms with Crippen LogP contribution in [0.5, 0.6) is 0 Å². The van der Waals surface area contributed by atoms with Gasteiger partial charge in [0.1, 0.15) is 5.82 Å². The van der Waals surface area contributed by atoms with Gasteiger partial charge in [-0.25, -0.2) is 4.39 Å². The van der Waals surface area contributed by atoms with Crippen LogP contribution in [0.2, 0.25) is 0 Å². The van der Waals surface area contributed by atoms with Crippen molar-refractivity contribution in [3.63, 3.8) is 0 Å². The van der Waals surface area contributed by atoms with Gasteiger partial charge >= 0.3 is 0 Å². The lowest BCUT2D eigenvalue weighted by Crippen LogP contribution is -2.45. The van der Waals surface area contributed by atoms with Crippen molar-refractivity contribution in [2.24, 2.45) is 0 Å². The lowest BCUT2D eigenvalue weighted by atomic mass is 10.1. The second kappa shape index (κ2) is 9.63. The number of carbonyl (C=O) groups excluding carboxylic acids is 1. The molecule has 1 atom stereocenters. The number of carbonyl (C=O) groups is 1. The maximum atomic E-state index is 12.8. The Morgan fingerprint density at radius 2 is 2.17 bits per heavy atom. The first-order chi connectivity index (χ1) is 11.2. The number of rotatable bonds is 8. The highest BCUT2D eigenvalue weighted by Crippen LogP contribution is 2.13. The molecule has 1 aromatic rings. The van der Waals surface area contributed by atoms with Crippen LogP contribution in [0.15, 0.2) is 24.3 Å². The molecular formula is C18H27FN2O2. The molecule has 0 aromatic heterocycles. The minimum absolute atomic E-state index is 0.0447. The molecule has 2 rings (SSSR count). The number of amides is 1. The summed E-state index contributed by atoms with van der Waals surface area (Å²) in [5, 5.41) is 2.94. The van der Waals surface area contributed by atoms with Crippen LogP contribution in [0.4, 0.5) is 4.39 Å². The average Bonchev–Trinajstić information content (AvgIpc) is 2.55. The number of ether oxygens (including phenoxy) is 1. The Bertz CT molecular complexity index is 478. The second-order valence-electron chi connectivity index (χ2n) is 6.10. The second-order valence-corrected chi connectivity index (χ2v) is 6.10. The Morgan fingerprint density at radius 1 is 1.39 bits per heavy atom. The third-order valence-corrected chi connectivity index (χ3v) is 4.04. The normalized spacial score (nSPS) is 18.8. The number of nitrogens with zero attached hydrogens (tertiary/aromatic N) is 1. The number of hydrogen-bond acceptors (Lipinski definition) is 3. The van der Waals surface area contributed by atoms with Gasteiger partial charge in [-0.05, 0) is 49.9 Å². The van der Waals surface area contributed by atoms with Gasteiger partial charge in [-0.3, -0.25) is 9.69 Å². The van der Waals surface area contributed by atoms with Crippen molar-refractivity contribution in [2.75, 3.05) is 32.8 Å². The van der Waals surface area contributed by atoms with Crippen molar-refractivity contribution >= 4 is 5.91 Å². The summed E-state index contributed by atoms with van der Waals surface area (Å²) in [6, 6.07) is 6.40. The Hall–Kier alpha value is -1.46. The molecule has 0 radical (unpaired) electrons. The summed E-state index contributed by atoms with van der Waals surface area (Å²) in [6.07, 6.45) is 4.17. The van der Waals surface area contributed by atoms with Crippen molar-refractivity contribution < 1.29 is 13.9 Å². The molecule has 0 spiro atoms. The van der Waals surface area contributed by atoms with Crippen molar-refractivity contribution in [3.05, 3.63) is 35.6 Å². The number of benzene rings is 1. The fraction of sp³-hybridized carbons (Fsp3) is 0.611.